The van der Waals surface area contributed by atoms with Crippen molar-refractivity contribution in [3.05, 3.63) is 11.4 Å². The van der Waals surface area contributed by atoms with Gasteiger partial charge in [0.25, 0.3) is 0 Å². The molecule has 0 fully saturated rings. The van der Waals surface area contributed by atoms with Crippen LogP contribution in [-0.4, -0.2) is 40.6 Å². The fourth-order valence-corrected chi connectivity index (χ4v) is 5.32. The lowest BCUT2D eigenvalue weighted by Gasteiger charge is -2.47. The van der Waals surface area contributed by atoms with E-state index in [9.17, 15) is 0 Å². The summed E-state index contributed by atoms with van der Waals surface area (Å²) in [5.74, 6) is -0.296. The second-order valence-electron chi connectivity index (χ2n) is 8.95. The second-order valence-corrected chi connectivity index (χ2v) is 8.95. The highest BCUT2D eigenvalue weighted by Crippen LogP contribution is 2.45. The zero-order chi connectivity index (χ0) is 22.6. The monoisotopic (exact) mass is 410 g/mol. The van der Waals surface area contributed by atoms with Gasteiger partial charge >= 0.3 is 0 Å². The van der Waals surface area contributed by atoms with Crippen LogP contribution in [0.2, 0.25) is 0 Å². The van der Waals surface area contributed by atoms with E-state index in [0.29, 0.717) is 6.17 Å². The summed E-state index contributed by atoms with van der Waals surface area (Å²) in [4.78, 5) is 11.7. The maximum absolute atomic E-state index is 8.89. The molecule has 0 radical (unpaired) electrons. The Labute approximate surface area is 181 Å². The van der Waals surface area contributed by atoms with Crippen molar-refractivity contribution in [1.29, 1.82) is 0 Å². The summed E-state index contributed by atoms with van der Waals surface area (Å²) in [6, 6.07) is 0.784. The van der Waals surface area contributed by atoms with Crippen LogP contribution in [0.15, 0.2) is 11.4 Å². The van der Waals surface area contributed by atoms with Gasteiger partial charge < -0.3 is 14.8 Å². The molecule has 0 saturated carbocycles. The highest BCUT2D eigenvalue weighted by Gasteiger charge is 2.52. The number of allylic oxidation sites excluding steroid dienone is 2. The van der Waals surface area contributed by atoms with E-state index in [1.807, 2.05) is 0 Å². The largest absolute Gasteiger partial charge is 0.550 e. The predicted octanol–water partition coefficient (Wildman–Crippen LogP) is 5.68. The van der Waals surface area contributed by atoms with Crippen LogP contribution in [0, 0.1) is 5.92 Å². The third-order valence-electron chi connectivity index (χ3n) is 6.56. The molecule has 4 nitrogen and oxygen atoms in total. The first-order chi connectivity index (χ1) is 13.7. The lowest BCUT2D eigenvalue weighted by atomic mass is 9.98. The summed E-state index contributed by atoms with van der Waals surface area (Å²) in [5.41, 5.74) is 3.49. The fourth-order valence-electron chi connectivity index (χ4n) is 5.32. The molecule has 0 spiro atoms. The van der Waals surface area contributed by atoms with Gasteiger partial charge in [-0.05, 0) is 51.9 Å². The van der Waals surface area contributed by atoms with Crippen LogP contribution in [0.5, 0.6) is 0 Å². The van der Waals surface area contributed by atoms with Crippen LogP contribution in [0.1, 0.15) is 114 Å². The maximum Gasteiger partial charge on any atom is 0.166 e. The number of carboxylic acids is 1. The van der Waals surface area contributed by atoms with E-state index in [1.54, 1.807) is 11.4 Å². The molecule has 172 valence electrons. The summed E-state index contributed by atoms with van der Waals surface area (Å²) >= 11 is 0. The van der Waals surface area contributed by atoms with E-state index in [2.05, 4.69) is 60.3 Å². The van der Waals surface area contributed by atoms with Crippen LogP contribution in [0.4, 0.5) is 0 Å². The number of rotatable bonds is 12. The van der Waals surface area contributed by atoms with Crippen LogP contribution in [-0.2, 0) is 4.79 Å². The minimum Gasteiger partial charge on any atom is -0.550 e. The van der Waals surface area contributed by atoms with Gasteiger partial charge in [-0.1, -0.05) is 54.4 Å². The van der Waals surface area contributed by atoms with Crippen molar-refractivity contribution in [1.82, 2.24) is 4.90 Å². The van der Waals surface area contributed by atoms with Crippen LogP contribution in [0.25, 0.3) is 0 Å². The molecule has 4 heteroatoms. The first-order valence-corrected chi connectivity index (χ1v) is 12.2. The van der Waals surface area contributed by atoms with Crippen molar-refractivity contribution in [3.63, 3.8) is 0 Å². The molecule has 1 aliphatic heterocycles. The molecule has 3 atom stereocenters. The third kappa shape index (κ3) is 7.31. The minimum absolute atomic E-state index is 0.616. The van der Waals surface area contributed by atoms with Crippen molar-refractivity contribution in [2.24, 2.45) is 5.92 Å². The lowest BCUT2D eigenvalue weighted by Crippen LogP contribution is -2.60. The van der Waals surface area contributed by atoms with Crippen molar-refractivity contribution in [2.45, 2.75) is 126 Å². The van der Waals surface area contributed by atoms with E-state index in [1.165, 1.54) is 62.4 Å². The van der Waals surface area contributed by atoms with Gasteiger partial charge in [0.2, 0.25) is 0 Å². The molecular formula is C25H50N2O2. The van der Waals surface area contributed by atoms with Crippen LogP contribution in [0.3, 0.4) is 0 Å². The van der Waals surface area contributed by atoms with E-state index < -0.39 is 5.97 Å². The fraction of sp³-hybridized carbons (Fsp3) is 0.880. The summed E-state index contributed by atoms with van der Waals surface area (Å²) in [7, 11) is 0. The van der Waals surface area contributed by atoms with Crippen molar-refractivity contribution in [2.75, 3.05) is 13.1 Å². The molecule has 1 heterocycles. The molecule has 1 aliphatic rings. The first-order valence-electron chi connectivity index (χ1n) is 12.2. The number of carbonyl (C=O) groups is 1. The Morgan fingerprint density at radius 2 is 1.69 bits per heavy atom. The highest BCUT2D eigenvalue weighted by molar-refractivity contribution is 5.60. The molecule has 0 N–H and O–H groups in total. The van der Waals surface area contributed by atoms with Crippen molar-refractivity contribution in [3.8, 4) is 0 Å². The zero-order valence-corrected chi connectivity index (χ0v) is 21.0. The Morgan fingerprint density at radius 3 is 2.07 bits per heavy atom. The molecule has 1 rings (SSSR count). The van der Waals surface area contributed by atoms with Gasteiger partial charge in [-0.25, -0.2) is 0 Å². The van der Waals surface area contributed by atoms with Gasteiger partial charge in [-0.2, -0.15) is 0 Å². The maximum atomic E-state index is 8.89. The number of hydrogen-bond donors (Lipinski definition) is 0. The van der Waals surface area contributed by atoms with Crippen LogP contribution >= 0.6 is 0 Å². The second kappa shape index (κ2) is 14.1. The predicted molar refractivity (Wildman–Crippen MR) is 123 cm³/mol. The van der Waals surface area contributed by atoms with Crippen LogP contribution < -0.4 is 5.11 Å². The number of carboxylic acid groups (broad SMARTS) is 1. The molecule has 0 saturated heterocycles. The molecule has 29 heavy (non-hydrogen) atoms. The zero-order valence-electron chi connectivity index (χ0n) is 21.0. The Hall–Kier alpha value is -1.03. The molecule has 0 aromatic carbocycles. The normalized spacial score (nSPS) is 22.7. The van der Waals surface area contributed by atoms with E-state index in [4.69, 9.17) is 9.90 Å². The molecule has 0 aromatic rings. The Balaban J connectivity index is 0.00000178. The molecule has 3 unspecified atom stereocenters. The minimum atomic E-state index is -1.08. The van der Waals surface area contributed by atoms with E-state index in [0.717, 1.165) is 25.4 Å². The smallest absolute Gasteiger partial charge is 0.166 e. The average molecular weight is 411 g/mol. The van der Waals surface area contributed by atoms with Gasteiger partial charge in [0, 0.05) is 25.9 Å². The third-order valence-corrected chi connectivity index (χ3v) is 6.56. The van der Waals surface area contributed by atoms with Gasteiger partial charge in [-0.15, -0.1) is 0 Å². The molecule has 0 bridgehead atoms. The molecular weight excluding hydrogens is 360 g/mol. The average Bonchev–Trinajstić information content (AvgIpc) is 2.89. The summed E-state index contributed by atoms with van der Waals surface area (Å²) in [6.07, 6.45) is 11.1. The lowest BCUT2D eigenvalue weighted by molar-refractivity contribution is -0.941. The Kier molecular flexibility index (Phi) is 13.6. The van der Waals surface area contributed by atoms with Crippen molar-refractivity contribution < 1.29 is 14.4 Å². The molecule has 0 amide bonds. The standard InChI is InChI=1S/C23H47N2.C2H4O2/c1-9-14-18-25(21(11-3)15-10-2)20(8)24(13-5)22(23(25)12-4)17-16-19(6)7;1-2(3)4/h19-21H,9-18H2,1-8H3;1H3,(H,3,4)/q+1;/p-1. The van der Waals surface area contributed by atoms with Gasteiger partial charge in [0.05, 0.1) is 18.3 Å². The topological polar surface area (TPSA) is 43.4 Å². The summed E-state index contributed by atoms with van der Waals surface area (Å²) in [5, 5.41) is 8.89. The molecule has 0 aliphatic carbocycles. The number of carbonyl (C=O) groups excluding carboxylic acids is 1. The SMILES string of the molecule is CC(=O)[O-].CCCC[N+]1(C(CC)CCC)C(CC)=C(CCC(C)C)N(CC)C1C. The van der Waals surface area contributed by atoms with Gasteiger partial charge in [0.1, 0.15) is 5.70 Å². The van der Waals surface area contributed by atoms with Gasteiger partial charge in [-0.3, -0.25) is 4.48 Å². The Morgan fingerprint density at radius 1 is 1.10 bits per heavy atom. The van der Waals surface area contributed by atoms with Gasteiger partial charge in [0.15, 0.2) is 6.17 Å². The summed E-state index contributed by atoms with van der Waals surface area (Å²) < 4.78 is 1.27. The number of quaternary nitrogens is 1. The number of aliphatic carboxylic acids is 1. The van der Waals surface area contributed by atoms with E-state index >= 15 is 0 Å². The number of nitrogens with zero attached hydrogens (tertiary/aromatic N) is 2. The number of unbranched alkanes of at least 4 members (excludes halogenated alkanes) is 1. The highest BCUT2D eigenvalue weighted by atomic mass is 16.4. The summed E-state index contributed by atoms with van der Waals surface area (Å²) in [6.45, 7) is 22.6. The van der Waals surface area contributed by atoms with Crippen molar-refractivity contribution >= 4 is 5.97 Å². The Bertz CT molecular complexity index is 497. The quantitative estimate of drug-likeness (QED) is 0.389. The number of hydrogen-bond acceptors (Lipinski definition) is 3. The first kappa shape index (κ1) is 28.0. The van der Waals surface area contributed by atoms with E-state index in [-0.39, 0.29) is 0 Å². The molecule has 0 aromatic heterocycles.